The molecule has 1 atom stereocenters. The Kier molecular flexibility index (Phi) is 6.42. The third kappa shape index (κ3) is 4.23. The Labute approximate surface area is 163 Å². The highest BCUT2D eigenvalue weighted by Crippen LogP contribution is 2.26. The minimum absolute atomic E-state index is 0.149. The molecule has 0 bridgehead atoms. The van der Waals surface area contributed by atoms with Crippen molar-refractivity contribution in [3.8, 4) is 0 Å². The predicted octanol–water partition coefficient (Wildman–Crippen LogP) is 0.319. The van der Waals surface area contributed by atoms with Crippen molar-refractivity contribution < 1.29 is 19.1 Å². The number of fused-ring (bicyclic) bond motifs is 1. The molecule has 10 heteroatoms. The SMILES string of the molecule is COCCNC(=O)c1cn2c(n1)[C@@H](C)N(C(=O)c1ccn(CCOC)n1)CC2. The zero-order valence-electron chi connectivity index (χ0n) is 16.4. The first-order valence-corrected chi connectivity index (χ1v) is 9.22. The maximum absolute atomic E-state index is 12.9. The number of rotatable bonds is 8. The lowest BCUT2D eigenvalue weighted by molar-refractivity contribution is 0.0630. The summed E-state index contributed by atoms with van der Waals surface area (Å²) in [6, 6.07) is 1.45. The van der Waals surface area contributed by atoms with E-state index in [4.69, 9.17) is 9.47 Å². The molecule has 0 saturated heterocycles. The summed E-state index contributed by atoms with van der Waals surface area (Å²) in [6.07, 6.45) is 3.50. The molecule has 0 unspecified atom stereocenters. The molecule has 2 amide bonds. The Morgan fingerprint density at radius 2 is 2.00 bits per heavy atom. The second-order valence-electron chi connectivity index (χ2n) is 6.56. The lowest BCUT2D eigenvalue weighted by Crippen LogP contribution is -2.41. The van der Waals surface area contributed by atoms with E-state index in [9.17, 15) is 9.59 Å². The highest BCUT2D eigenvalue weighted by Gasteiger charge is 2.32. The van der Waals surface area contributed by atoms with Crippen molar-refractivity contribution in [3.63, 3.8) is 0 Å². The van der Waals surface area contributed by atoms with Crippen LogP contribution in [0.5, 0.6) is 0 Å². The summed E-state index contributed by atoms with van der Waals surface area (Å²) in [5.74, 6) is 0.292. The van der Waals surface area contributed by atoms with Gasteiger partial charge in [-0.3, -0.25) is 14.3 Å². The fraction of sp³-hybridized carbons (Fsp3) is 0.556. The number of carbonyl (C=O) groups is 2. The first kappa shape index (κ1) is 20.0. The van der Waals surface area contributed by atoms with Crippen LogP contribution in [0.1, 0.15) is 39.8 Å². The van der Waals surface area contributed by atoms with Crippen molar-refractivity contribution in [2.45, 2.75) is 26.1 Å². The number of nitrogens with zero attached hydrogens (tertiary/aromatic N) is 5. The first-order chi connectivity index (χ1) is 13.5. The highest BCUT2D eigenvalue weighted by molar-refractivity contribution is 5.93. The van der Waals surface area contributed by atoms with E-state index in [2.05, 4.69) is 15.4 Å². The monoisotopic (exact) mass is 390 g/mol. The minimum Gasteiger partial charge on any atom is -0.383 e. The van der Waals surface area contributed by atoms with Gasteiger partial charge in [-0.1, -0.05) is 0 Å². The standard InChI is InChI=1S/C18H26N6O4/c1-13-16-20-15(17(25)19-5-10-27-2)12-22(16)7-8-24(13)18(26)14-4-6-23(21-14)9-11-28-3/h4,6,12-13H,5,7-11H2,1-3H3,(H,19,25)/t13-/m1/s1. The van der Waals surface area contributed by atoms with Gasteiger partial charge in [0.2, 0.25) is 0 Å². The molecule has 0 spiro atoms. The molecule has 2 aromatic heterocycles. The van der Waals surface area contributed by atoms with Crippen LogP contribution < -0.4 is 5.32 Å². The van der Waals surface area contributed by atoms with E-state index in [1.165, 1.54) is 0 Å². The third-order valence-electron chi connectivity index (χ3n) is 4.70. The van der Waals surface area contributed by atoms with E-state index in [0.29, 0.717) is 56.6 Å². The van der Waals surface area contributed by atoms with Gasteiger partial charge < -0.3 is 24.3 Å². The topological polar surface area (TPSA) is 104 Å². The van der Waals surface area contributed by atoms with Gasteiger partial charge in [0.05, 0.1) is 25.8 Å². The molecule has 3 heterocycles. The fourth-order valence-corrected chi connectivity index (χ4v) is 3.17. The molecule has 0 aliphatic carbocycles. The maximum Gasteiger partial charge on any atom is 0.275 e. The van der Waals surface area contributed by atoms with Gasteiger partial charge in [-0.2, -0.15) is 5.10 Å². The van der Waals surface area contributed by atoms with Crippen molar-refractivity contribution in [1.82, 2.24) is 29.5 Å². The maximum atomic E-state index is 12.9. The molecule has 2 aromatic rings. The van der Waals surface area contributed by atoms with Gasteiger partial charge in [0.25, 0.3) is 11.8 Å². The summed E-state index contributed by atoms with van der Waals surface area (Å²) in [5.41, 5.74) is 0.733. The number of aromatic nitrogens is 4. The van der Waals surface area contributed by atoms with Crippen molar-refractivity contribution in [2.24, 2.45) is 0 Å². The number of methoxy groups -OCH3 is 2. The Hall–Kier alpha value is -2.72. The molecule has 0 fully saturated rings. The van der Waals surface area contributed by atoms with E-state index < -0.39 is 0 Å². The fourth-order valence-electron chi connectivity index (χ4n) is 3.17. The summed E-state index contributed by atoms with van der Waals surface area (Å²) in [5, 5.41) is 7.09. The number of carbonyl (C=O) groups excluding carboxylic acids is 2. The number of nitrogens with one attached hydrogen (secondary N) is 1. The average Bonchev–Trinajstić information content (AvgIpc) is 3.34. The van der Waals surface area contributed by atoms with Gasteiger partial charge in [0, 0.05) is 46.2 Å². The third-order valence-corrected chi connectivity index (χ3v) is 4.70. The van der Waals surface area contributed by atoms with Crippen molar-refractivity contribution >= 4 is 11.8 Å². The quantitative estimate of drug-likeness (QED) is 0.651. The molecule has 152 valence electrons. The molecular formula is C18H26N6O4. The molecule has 0 radical (unpaired) electrons. The van der Waals surface area contributed by atoms with Crippen LogP contribution in [0, 0.1) is 0 Å². The number of hydrogen-bond acceptors (Lipinski definition) is 6. The molecule has 1 N–H and O–H groups in total. The Morgan fingerprint density at radius 1 is 1.21 bits per heavy atom. The van der Waals surface area contributed by atoms with E-state index in [0.717, 1.165) is 0 Å². The molecular weight excluding hydrogens is 364 g/mol. The van der Waals surface area contributed by atoms with Gasteiger partial charge in [0.1, 0.15) is 17.2 Å². The summed E-state index contributed by atoms with van der Waals surface area (Å²) in [4.78, 5) is 31.3. The van der Waals surface area contributed by atoms with Crippen molar-refractivity contribution in [1.29, 1.82) is 0 Å². The predicted molar refractivity (Wildman–Crippen MR) is 100.0 cm³/mol. The smallest absolute Gasteiger partial charge is 0.275 e. The largest absolute Gasteiger partial charge is 0.383 e. The van der Waals surface area contributed by atoms with Crippen LogP contribution in [0.3, 0.4) is 0 Å². The summed E-state index contributed by atoms with van der Waals surface area (Å²) < 4.78 is 13.6. The van der Waals surface area contributed by atoms with Crippen LogP contribution in [-0.2, 0) is 22.6 Å². The van der Waals surface area contributed by atoms with Crippen LogP contribution >= 0.6 is 0 Å². The molecule has 0 aromatic carbocycles. The Morgan fingerprint density at radius 3 is 2.75 bits per heavy atom. The first-order valence-electron chi connectivity index (χ1n) is 9.22. The van der Waals surface area contributed by atoms with Crippen LogP contribution in [0.2, 0.25) is 0 Å². The van der Waals surface area contributed by atoms with Gasteiger partial charge in [-0.05, 0) is 13.0 Å². The summed E-state index contributed by atoms with van der Waals surface area (Å²) in [7, 11) is 3.20. The lowest BCUT2D eigenvalue weighted by Gasteiger charge is -2.33. The van der Waals surface area contributed by atoms with Gasteiger partial charge in [-0.15, -0.1) is 0 Å². The molecule has 3 rings (SSSR count). The number of imidazole rings is 1. The number of amides is 2. The molecule has 1 aliphatic rings. The molecule has 10 nitrogen and oxygen atoms in total. The van der Waals surface area contributed by atoms with E-state index in [-0.39, 0.29) is 17.9 Å². The van der Waals surface area contributed by atoms with E-state index in [1.54, 1.807) is 42.3 Å². The van der Waals surface area contributed by atoms with Crippen molar-refractivity contribution in [3.05, 3.63) is 35.7 Å². The molecule has 1 aliphatic heterocycles. The van der Waals surface area contributed by atoms with E-state index in [1.807, 2.05) is 11.5 Å². The zero-order chi connectivity index (χ0) is 20.1. The Balaban J connectivity index is 1.70. The summed E-state index contributed by atoms with van der Waals surface area (Å²) >= 11 is 0. The van der Waals surface area contributed by atoms with Crippen molar-refractivity contribution in [2.75, 3.05) is 40.5 Å². The number of ether oxygens (including phenoxy) is 2. The van der Waals surface area contributed by atoms with Crippen LogP contribution in [0.25, 0.3) is 0 Å². The normalized spacial score (nSPS) is 16.1. The molecule has 0 saturated carbocycles. The summed E-state index contributed by atoms with van der Waals surface area (Å²) in [6.45, 7) is 4.99. The second kappa shape index (κ2) is 8.98. The zero-order valence-corrected chi connectivity index (χ0v) is 16.4. The highest BCUT2D eigenvalue weighted by atomic mass is 16.5. The van der Waals surface area contributed by atoms with Gasteiger partial charge in [-0.25, -0.2) is 4.98 Å². The van der Waals surface area contributed by atoms with Gasteiger partial charge >= 0.3 is 0 Å². The van der Waals surface area contributed by atoms with Gasteiger partial charge in [0.15, 0.2) is 0 Å². The average molecular weight is 390 g/mol. The Bertz CT molecular complexity index is 830. The lowest BCUT2D eigenvalue weighted by atomic mass is 10.2. The van der Waals surface area contributed by atoms with Crippen LogP contribution in [-0.4, -0.2) is 76.6 Å². The second-order valence-corrected chi connectivity index (χ2v) is 6.56. The van der Waals surface area contributed by atoms with Crippen LogP contribution in [0.15, 0.2) is 18.5 Å². The minimum atomic E-state index is -0.258. The molecule has 28 heavy (non-hydrogen) atoms. The van der Waals surface area contributed by atoms with E-state index >= 15 is 0 Å². The van der Waals surface area contributed by atoms with Crippen LogP contribution in [0.4, 0.5) is 0 Å². The number of hydrogen-bond donors (Lipinski definition) is 1.